The number of anilines is 1. The Morgan fingerprint density at radius 3 is 2.13 bits per heavy atom. The van der Waals surface area contributed by atoms with Gasteiger partial charge in [0, 0.05) is 18.2 Å². The van der Waals surface area contributed by atoms with E-state index in [1.165, 1.54) is 37.3 Å². The van der Waals surface area contributed by atoms with Crippen molar-refractivity contribution in [3.8, 4) is 17.2 Å². The number of methoxy groups -OCH3 is 2. The molecule has 0 saturated carbocycles. The molecule has 11 heteroatoms. The SMILES string of the molecule is CCOc1ccc(N(CC(=O)N(Cc2cccc(C)c2)C(CC)C(=O)NC(C)(C)C)S(=O)(=O)c2ccc(OC)c(OC)c2)cc1. The first-order valence-corrected chi connectivity index (χ1v) is 16.3. The lowest BCUT2D eigenvalue weighted by atomic mass is 10.0. The summed E-state index contributed by atoms with van der Waals surface area (Å²) in [5.74, 6) is 0.288. The first-order valence-electron chi connectivity index (χ1n) is 14.9. The van der Waals surface area contributed by atoms with Gasteiger partial charge in [0.2, 0.25) is 11.8 Å². The number of carbonyl (C=O) groups is 2. The van der Waals surface area contributed by atoms with Gasteiger partial charge in [0.25, 0.3) is 10.0 Å². The van der Waals surface area contributed by atoms with Crippen molar-refractivity contribution in [3.63, 3.8) is 0 Å². The van der Waals surface area contributed by atoms with Crippen LogP contribution >= 0.6 is 0 Å². The second-order valence-electron chi connectivity index (χ2n) is 11.6. The quantitative estimate of drug-likeness (QED) is 0.254. The lowest BCUT2D eigenvalue weighted by Crippen LogP contribution is -2.55. The molecule has 0 aliphatic carbocycles. The summed E-state index contributed by atoms with van der Waals surface area (Å²) >= 11 is 0. The maximum atomic E-state index is 14.3. The Morgan fingerprint density at radius 1 is 0.911 bits per heavy atom. The summed E-state index contributed by atoms with van der Waals surface area (Å²) in [5.41, 5.74) is 1.54. The van der Waals surface area contributed by atoms with Crippen LogP contribution in [0.25, 0.3) is 0 Å². The van der Waals surface area contributed by atoms with E-state index < -0.39 is 34.1 Å². The molecule has 0 aliphatic rings. The molecule has 45 heavy (non-hydrogen) atoms. The minimum absolute atomic E-state index is 0.0930. The van der Waals surface area contributed by atoms with Gasteiger partial charge in [-0.05, 0) is 83.0 Å². The topological polar surface area (TPSA) is 114 Å². The second kappa shape index (κ2) is 15.2. The van der Waals surface area contributed by atoms with Crippen LogP contribution in [0.3, 0.4) is 0 Å². The number of nitrogens with one attached hydrogen (secondary N) is 1. The summed E-state index contributed by atoms with van der Waals surface area (Å²) in [7, 11) is -1.44. The molecule has 0 fully saturated rings. The summed E-state index contributed by atoms with van der Waals surface area (Å²) in [6.07, 6.45) is 0.324. The normalized spacial score (nSPS) is 12.2. The number of hydrogen-bond acceptors (Lipinski definition) is 7. The number of amides is 2. The highest BCUT2D eigenvalue weighted by Gasteiger charge is 2.35. The van der Waals surface area contributed by atoms with E-state index in [9.17, 15) is 18.0 Å². The highest BCUT2D eigenvalue weighted by Crippen LogP contribution is 2.33. The van der Waals surface area contributed by atoms with Crippen molar-refractivity contribution in [1.82, 2.24) is 10.2 Å². The van der Waals surface area contributed by atoms with Gasteiger partial charge in [-0.25, -0.2) is 8.42 Å². The van der Waals surface area contributed by atoms with E-state index in [0.29, 0.717) is 24.5 Å². The summed E-state index contributed by atoms with van der Waals surface area (Å²) in [4.78, 5) is 29.2. The molecular weight excluding hydrogens is 594 g/mol. The van der Waals surface area contributed by atoms with E-state index in [1.54, 1.807) is 24.3 Å². The lowest BCUT2D eigenvalue weighted by molar-refractivity contribution is -0.141. The molecule has 10 nitrogen and oxygen atoms in total. The van der Waals surface area contributed by atoms with Gasteiger partial charge in [-0.2, -0.15) is 0 Å². The number of rotatable bonds is 14. The van der Waals surface area contributed by atoms with Gasteiger partial charge in [-0.1, -0.05) is 36.8 Å². The Kier molecular flexibility index (Phi) is 11.9. The average Bonchev–Trinajstić information content (AvgIpc) is 2.99. The minimum atomic E-state index is -4.32. The second-order valence-corrected chi connectivity index (χ2v) is 13.5. The van der Waals surface area contributed by atoms with E-state index in [4.69, 9.17) is 14.2 Å². The molecule has 3 rings (SSSR count). The number of hydrogen-bond donors (Lipinski definition) is 1. The summed E-state index contributed by atoms with van der Waals surface area (Å²) in [6, 6.07) is 17.5. The molecular formula is C34H45N3O7S. The fraction of sp³-hybridized carbons (Fsp3) is 0.412. The molecule has 3 aromatic rings. The summed E-state index contributed by atoms with van der Waals surface area (Å²) < 4.78 is 45.8. The Balaban J connectivity index is 2.12. The van der Waals surface area contributed by atoms with E-state index >= 15 is 0 Å². The monoisotopic (exact) mass is 639 g/mol. The van der Waals surface area contributed by atoms with Crippen molar-refractivity contribution < 1.29 is 32.2 Å². The predicted molar refractivity (Wildman–Crippen MR) is 175 cm³/mol. The zero-order valence-electron chi connectivity index (χ0n) is 27.4. The first-order chi connectivity index (χ1) is 21.2. The van der Waals surface area contributed by atoms with Gasteiger partial charge in [-0.3, -0.25) is 13.9 Å². The van der Waals surface area contributed by atoms with Crippen LogP contribution in [0.2, 0.25) is 0 Å². The van der Waals surface area contributed by atoms with Gasteiger partial charge in [0.05, 0.1) is 31.4 Å². The van der Waals surface area contributed by atoms with Crippen LogP contribution in [0.1, 0.15) is 52.2 Å². The number of aryl methyl sites for hydroxylation is 1. The zero-order chi connectivity index (χ0) is 33.4. The van der Waals surface area contributed by atoms with Gasteiger partial charge in [-0.15, -0.1) is 0 Å². The summed E-state index contributed by atoms with van der Waals surface area (Å²) in [5, 5.41) is 2.98. The molecule has 244 valence electrons. The highest BCUT2D eigenvalue weighted by atomic mass is 32.2. The van der Waals surface area contributed by atoms with E-state index in [-0.39, 0.29) is 28.8 Å². The zero-order valence-corrected chi connectivity index (χ0v) is 28.2. The molecule has 0 aromatic heterocycles. The van der Waals surface area contributed by atoms with Crippen LogP contribution in [-0.2, 0) is 26.2 Å². The molecule has 0 aliphatic heterocycles. The van der Waals surface area contributed by atoms with Gasteiger partial charge in [0.1, 0.15) is 18.3 Å². The maximum Gasteiger partial charge on any atom is 0.264 e. The van der Waals surface area contributed by atoms with E-state index in [0.717, 1.165) is 15.4 Å². The molecule has 1 N–H and O–H groups in total. The van der Waals surface area contributed by atoms with Crippen molar-refractivity contribution in [2.75, 3.05) is 31.7 Å². The first kappa shape index (κ1) is 35.2. The third-order valence-electron chi connectivity index (χ3n) is 6.98. The molecule has 0 bridgehead atoms. The molecule has 1 unspecified atom stereocenters. The van der Waals surface area contributed by atoms with Crippen molar-refractivity contribution in [2.24, 2.45) is 0 Å². The van der Waals surface area contributed by atoms with Crippen LogP contribution in [0.5, 0.6) is 17.2 Å². The molecule has 0 saturated heterocycles. The minimum Gasteiger partial charge on any atom is -0.494 e. The molecule has 0 heterocycles. The predicted octanol–water partition coefficient (Wildman–Crippen LogP) is 5.33. The van der Waals surface area contributed by atoms with Gasteiger partial charge < -0.3 is 24.4 Å². The lowest BCUT2D eigenvalue weighted by Gasteiger charge is -2.35. The van der Waals surface area contributed by atoms with Gasteiger partial charge >= 0.3 is 0 Å². The van der Waals surface area contributed by atoms with E-state index in [2.05, 4.69) is 5.32 Å². The standard InChI is InChI=1S/C34H45N3O7S/c1-9-29(33(39)35-34(4,5)6)36(22-25-13-11-12-24(3)20-25)32(38)23-37(26-14-16-27(17-15-26)44-10-2)45(40,41)28-18-19-30(42-7)31(21-28)43-8/h11-21,29H,9-10,22-23H2,1-8H3,(H,35,39). The largest absolute Gasteiger partial charge is 0.494 e. The Hall–Kier alpha value is -4.25. The molecule has 1 atom stereocenters. The Labute approximate surface area is 267 Å². The van der Waals surface area contributed by atoms with Crippen molar-refractivity contribution in [2.45, 2.75) is 71.0 Å². The third-order valence-corrected chi connectivity index (χ3v) is 8.75. The van der Waals surface area contributed by atoms with Crippen molar-refractivity contribution >= 4 is 27.5 Å². The number of benzene rings is 3. The molecule has 3 aromatic carbocycles. The number of ether oxygens (including phenoxy) is 3. The number of carbonyl (C=O) groups excluding carboxylic acids is 2. The molecule has 2 amide bonds. The Bertz CT molecular complexity index is 1570. The average molecular weight is 640 g/mol. The summed E-state index contributed by atoms with van der Waals surface area (Å²) in [6.45, 7) is 11.2. The maximum absolute atomic E-state index is 14.3. The van der Waals surface area contributed by atoms with Crippen molar-refractivity contribution in [1.29, 1.82) is 0 Å². The van der Waals surface area contributed by atoms with E-state index in [1.807, 2.05) is 65.8 Å². The van der Waals surface area contributed by atoms with Crippen LogP contribution in [-0.4, -0.2) is 64.1 Å². The fourth-order valence-electron chi connectivity index (χ4n) is 4.89. The van der Waals surface area contributed by atoms with Crippen LogP contribution in [0, 0.1) is 6.92 Å². The van der Waals surface area contributed by atoms with Crippen LogP contribution in [0.15, 0.2) is 71.6 Å². The van der Waals surface area contributed by atoms with Crippen molar-refractivity contribution in [3.05, 3.63) is 77.9 Å². The molecule has 0 radical (unpaired) electrons. The third kappa shape index (κ3) is 9.13. The fourth-order valence-corrected chi connectivity index (χ4v) is 6.32. The number of nitrogens with zero attached hydrogens (tertiary/aromatic N) is 2. The Morgan fingerprint density at radius 2 is 1.58 bits per heavy atom. The highest BCUT2D eigenvalue weighted by molar-refractivity contribution is 7.92. The van der Waals surface area contributed by atoms with Crippen LogP contribution in [0.4, 0.5) is 5.69 Å². The van der Waals surface area contributed by atoms with Crippen LogP contribution < -0.4 is 23.8 Å². The molecule has 0 spiro atoms. The number of sulfonamides is 1. The van der Waals surface area contributed by atoms with Gasteiger partial charge in [0.15, 0.2) is 11.5 Å². The smallest absolute Gasteiger partial charge is 0.264 e.